The van der Waals surface area contributed by atoms with Gasteiger partial charge >= 0.3 is 0 Å². The first-order valence-electron chi connectivity index (χ1n) is 11.1. The quantitative estimate of drug-likeness (QED) is 0.843. The Morgan fingerprint density at radius 3 is 2.79 bits per heavy atom. The summed E-state index contributed by atoms with van der Waals surface area (Å²) in [6.07, 6.45) is 12.1. The van der Waals surface area contributed by atoms with Crippen LogP contribution in [0.1, 0.15) is 44.9 Å². The van der Waals surface area contributed by atoms with Crippen LogP contribution in [0.25, 0.3) is 11.4 Å². The minimum atomic E-state index is 0.154. The maximum atomic E-state index is 12.9. The predicted octanol–water partition coefficient (Wildman–Crippen LogP) is 2.50. The lowest BCUT2D eigenvalue weighted by atomic mass is 9.75. The molecule has 3 aliphatic heterocycles. The maximum Gasteiger partial charge on any atom is 0.224 e. The van der Waals surface area contributed by atoms with Crippen molar-refractivity contribution in [2.75, 3.05) is 13.1 Å². The molecule has 0 radical (unpaired) electrons. The fourth-order valence-electron chi connectivity index (χ4n) is 5.42. The Kier molecular flexibility index (Phi) is 5.31. The van der Waals surface area contributed by atoms with E-state index < -0.39 is 0 Å². The lowest BCUT2D eigenvalue weighted by Crippen LogP contribution is -2.58. The molecule has 0 aromatic carbocycles. The van der Waals surface area contributed by atoms with Crippen molar-refractivity contribution in [3.05, 3.63) is 30.6 Å². The third-order valence-electron chi connectivity index (χ3n) is 7.03. The van der Waals surface area contributed by atoms with Gasteiger partial charge in [-0.25, -0.2) is 0 Å². The zero-order chi connectivity index (χ0) is 19.6. The Balaban J connectivity index is 1.19. The van der Waals surface area contributed by atoms with Gasteiger partial charge in [-0.15, -0.1) is 5.10 Å². The summed E-state index contributed by atoms with van der Waals surface area (Å²) in [7, 11) is 0. The average molecular weight is 395 g/mol. The van der Waals surface area contributed by atoms with Crippen LogP contribution in [-0.4, -0.2) is 56.0 Å². The summed E-state index contributed by atoms with van der Waals surface area (Å²) in [6, 6.07) is 6.66. The maximum absolute atomic E-state index is 12.9. The highest BCUT2D eigenvalue weighted by Crippen LogP contribution is 2.37. The molecule has 4 atom stereocenters. The normalized spacial score (nSPS) is 29.7. The van der Waals surface area contributed by atoms with Gasteiger partial charge in [-0.05, 0) is 50.3 Å². The topological polar surface area (TPSA) is 75.9 Å². The Morgan fingerprint density at radius 1 is 1.14 bits per heavy atom. The number of nitrogens with zero attached hydrogens (tertiary/aromatic N) is 5. The van der Waals surface area contributed by atoms with Crippen molar-refractivity contribution >= 4 is 5.91 Å². The van der Waals surface area contributed by atoms with E-state index in [1.54, 1.807) is 6.20 Å². The molecule has 1 unspecified atom stereocenters. The zero-order valence-electron chi connectivity index (χ0n) is 16.9. The predicted molar refractivity (Wildman–Crippen MR) is 110 cm³/mol. The summed E-state index contributed by atoms with van der Waals surface area (Å²) < 4.78 is 1.94. The Bertz CT molecular complexity index is 831. The molecule has 0 spiro atoms. The van der Waals surface area contributed by atoms with Crippen LogP contribution in [0.4, 0.5) is 0 Å². The minimum absolute atomic E-state index is 0.154. The van der Waals surface area contributed by atoms with Crippen LogP contribution in [0.3, 0.4) is 0 Å². The molecule has 6 rings (SSSR count). The number of amides is 1. The number of piperidine rings is 3. The molecule has 7 heteroatoms. The van der Waals surface area contributed by atoms with Crippen molar-refractivity contribution in [3.8, 4) is 11.4 Å². The van der Waals surface area contributed by atoms with Crippen LogP contribution in [0, 0.1) is 11.8 Å². The van der Waals surface area contributed by atoms with Gasteiger partial charge in [0.1, 0.15) is 5.69 Å². The molecule has 7 nitrogen and oxygen atoms in total. The van der Waals surface area contributed by atoms with Crippen LogP contribution in [0.5, 0.6) is 0 Å². The molecular formula is C22H30N6O. The molecule has 3 saturated heterocycles. The van der Waals surface area contributed by atoms with E-state index in [9.17, 15) is 4.79 Å². The van der Waals surface area contributed by atoms with Crippen molar-refractivity contribution in [2.24, 2.45) is 11.8 Å². The van der Waals surface area contributed by atoms with E-state index in [-0.39, 0.29) is 5.92 Å². The van der Waals surface area contributed by atoms with Gasteiger partial charge in [-0.2, -0.15) is 0 Å². The first-order valence-corrected chi connectivity index (χ1v) is 11.1. The van der Waals surface area contributed by atoms with Gasteiger partial charge in [-0.1, -0.05) is 30.5 Å². The number of pyridine rings is 1. The summed E-state index contributed by atoms with van der Waals surface area (Å²) in [4.78, 5) is 19.8. The van der Waals surface area contributed by atoms with Crippen molar-refractivity contribution in [3.63, 3.8) is 0 Å². The van der Waals surface area contributed by atoms with Crippen molar-refractivity contribution in [2.45, 2.75) is 63.6 Å². The van der Waals surface area contributed by atoms with E-state index in [1.165, 1.54) is 19.3 Å². The van der Waals surface area contributed by atoms with Gasteiger partial charge in [-0.3, -0.25) is 19.4 Å². The molecule has 1 N–H and O–H groups in total. The summed E-state index contributed by atoms with van der Waals surface area (Å²) in [5, 5.41) is 12.0. The van der Waals surface area contributed by atoms with E-state index in [1.807, 2.05) is 29.1 Å². The fourth-order valence-corrected chi connectivity index (χ4v) is 5.42. The van der Waals surface area contributed by atoms with Gasteiger partial charge in [0.15, 0.2) is 0 Å². The SMILES string of the molecule is O=C(NC1CCCCC1)[C@H]1CN2CC[C@@H]1C[C@@H]2Cn1cc(-c2ccccn2)nn1. The zero-order valence-corrected chi connectivity index (χ0v) is 16.9. The fraction of sp³-hybridized carbons (Fsp3) is 0.636. The molecule has 4 aliphatic rings. The van der Waals surface area contributed by atoms with Crippen LogP contribution in [0.15, 0.2) is 30.6 Å². The van der Waals surface area contributed by atoms with Crippen molar-refractivity contribution in [1.29, 1.82) is 0 Å². The number of rotatable bonds is 5. The van der Waals surface area contributed by atoms with Gasteiger partial charge in [0.05, 0.1) is 24.4 Å². The largest absolute Gasteiger partial charge is 0.353 e. The van der Waals surface area contributed by atoms with E-state index in [4.69, 9.17) is 0 Å². The van der Waals surface area contributed by atoms with E-state index in [0.717, 1.165) is 56.7 Å². The second-order valence-corrected chi connectivity index (χ2v) is 8.92. The monoisotopic (exact) mass is 394 g/mol. The summed E-state index contributed by atoms with van der Waals surface area (Å²) >= 11 is 0. The molecule has 154 valence electrons. The van der Waals surface area contributed by atoms with E-state index in [0.29, 0.717) is 23.9 Å². The summed E-state index contributed by atoms with van der Waals surface area (Å²) in [5.74, 6) is 0.942. The molecule has 29 heavy (non-hydrogen) atoms. The number of nitrogens with one attached hydrogen (secondary N) is 1. The first kappa shape index (κ1) is 18.7. The van der Waals surface area contributed by atoms with Crippen LogP contribution >= 0.6 is 0 Å². The molecule has 2 aromatic heterocycles. The van der Waals surface area contributed by atoms with Gasteiger partial charge in [0, 0.05) is 24.8 Å². The third kappa shape index (κ3) is 4.06. The van der Waals surface area contributed by atoms with Crippen molar-refractivity contribution < 1.29 is 4.79 Å². The molecule has 1 aliphatic carbocycles. The standard InChI is InChI=1S/C22H30N6O/c29-22(24-17-6-2-1-3-7-17)19-14-27-11-9-16(19)12-18(27)13-28-15-21(25-26-28)20-8-4-5-10-23-20/h4-5,8,10,15-19H,1-3,6-7,9,11-14H2,(H,24,29)/t16-,18-,19+/m1/s1. The van der Waals surface area contributed by atoms with Crippen LogP contribution < -0.4 is 5.32 Å². The first-order chi connectivity index (χ1) is 14.3. The van der Waals surface area contributed by atoms with E-state index in [2.05, 4.69) is 25.5 Å². The molecule has 4 fully saturated rings. The number of carbonyl (C=O) groups is 1. The molecular weight excluding hydrogens is 364 g/mol. The number of hydrogen-bond donors (Lipinski definition) is 1. The number of aromatic nitrogens is 4. The minimum Gasteiger partial charge on any atom is -0.353 e. The average Bonchev–Trinajstić information content (AvgIpc) is 3.24. The van der Waals surface area contributed by atoms with Crippen molar-refractivity contribution in [1.82, 2.24) is 30.2 Å². The number of fused-ring (bicyclic) bond motifs is 3. The summed E-state index contributed by atoms with van der Waals surface area (Å²) in [5.41, 5.74) is 1.66. The highest BCUT2D eigenvalue weighted by Gasteiger charge is 2.43. The van der Waals surface area contributed by atoms with Gasteiger partial charge in [0.2, 0.25) is 5.91 Å². The third-order valence-corrected chi connectivity index (χ3v) is 7.03. The molecule has 2 bridgehead atoms. The Morgan fingerprint density at radius 2 is 2.03 bits per heavy atom. The second-order valence-electron chi connectivity index (χ2n) is 8.92. The number of hydrogen-bond acceptors (Lipinski definition) is 5. The van der Waals surface area contributed by atoms with Crippen LogP contribution in [-0.2, 0) is 11.3 Å². The second kappa shape index (κ2) is 8.22. The van der Waals surface area contributed by atoms with E-state index >= 15 is 0 Å². The highest BCUT2D eigenvalue weighted by molar-refractivity contribution is 5.79. The summed E-state index contributed by atoms with van der Waals surface area (Å²) in [6.45, 7) is 2.80. The smallest absolute Gasteiger partial charge is 0.224 e. The molecule has 1 saturated carbocycles. The molecule has 2 aromatic rings. The van der Waals surface area contributed by atoms with Crippen LogP contribution in [0.2, 0.25) is 0 Å². The Hall–Kier alpha value is -2.28. The molecule has 5 heterocycles. The van der Waals surface area contributed by atoms with Gasteiger partial charge < -0.3 is 5.32 Å². The van der Waals surface area contributed by atoms with Gasteiger partial charge in [0.25, 0.3) is 0 Å². The lowest BCUT2D eigenvalue weighted by Gasteiger charge is -2.49. The lowest BCUT2D eigenvalue weighted by molar-refractivity contribution is -0.134. The highest BCUT2D eigenvalue weighted by atomic mass is 16.2. The number of carbonyl (C=O) groups excluding carboxylic acids is 1. The Labute approximate surface area is 171 Å². The molecule has 1 amide bonds.